The molecule has 3 atom stereocenters. The molecule has 0 bridgehead atoms. The van der Waals surface area contributed by atoms with Gasteiger partial charge in [-0.1, -0.05) is 0 Å². The minimum absolute atomic E-state index is 0.0681. The third-order valence-corrected chi connectivity index (χ3v) is 4.40. The maximum Gasteiger partial charge on any atom is 0.407 e. The lowest BCUT2D eigenvalue weighted by atomic mass is 9.92. The van der Waals surface area contributed by atoms with Gasteiger partial charge in [0.15, 0.2) is 0 Å². The summed E-state index contributed by atoms with van der Waals surface area (Å²) in [4.78, 5) is 25.5. The first kappa shape index (κ1) is 15.1. The molecule has 1 saturated heterocycles. The predicted octanol–water partition coefficient (Wildman–Crippen LogP) is 1.00. The summed E-state index contributed by atoms with van der Waals surface area (Å²) in [6.07, 6.45) is 2.68. The van der Waals surface area contributed by atoms with E-state index in [1.54, 1.807) is 0 Å². The molecule has 114 valence electrons. The molecule has 1 aliphatic carbocycles. The molecule has 0 spiro atoms. The van der Waals surface area contributed by atoms with E-state index in [1.807, 2.05) is 0 Å². The van der Waals surface area contributed by atoms with Crippen LogP contribution < -0.4 is 5.32 Å². The number of piperidine rings is 1. The van der Waals surface area contributed by atoms with E-state index >= 15 is 0 Å². The Labute approximate surface area is 119 Å². The summed E-state index contributed by atoms with van der Waals surface area (Å²) in [5.41, 5.74) is 0. The van der Waals surface area contributed by atoms with Crippen LogP contribution in [0.25, 0.3) is 0 Å². The maximum atomic E-state index is 11.8. The van der Waals surface area contributed by atoms with E-state index in [2.05, 4.69) is 21.9 Å². The van der Waals surface area contributed by atoms with Gasteiger partial charge in [0.2, 0.25) is 0 Å². The average molecular weight is 284 g/mol. The van der Waals surface area contributed by atoms with Crippen LogP contribution in [0.5, 0.6) is 0 Å². The second-order valence-electron chi connectivity index (χ2n) is 5.82. The fourth-order valence-electron chi connectivity index (χ4n) is 3.01. The van der Waals surface area contributed by atoms with Crippen LogP contribution in [0.1, 0.15) is 26.2 Å². The molecule has 1 amide bonds. The van der Waals surface area contributed by atoms with Crippen molar-refractivity contribution in [2.45, 2.75) is 38.3 Å². The van der Waals surface area contributed by atoms with Crippen LogP contribution in [0.15, 0.2) is 0 Å². The number of esters is 1. The van der Waals surface area contributed by atoms with Gasteiger partial charge < -0.3 is 14.8 Å². The molecule has 0 radical (unpaired) electrons. The van der Waals surface area contributed by atoms with Gasteiger partial charge in [-0.25, -0.2) is 4.79 Å². The lowest BCUT2D eigenvalue weighted by Gasteiger charge is -2.40. The first-order valence-electron chi connectivity index (χ1n) is 7.21. The molecule has 1 N–H and O–H groups in total. The number of hydrogen-bond acceptors (Lipinski definition) is 5. The quantitative estimate of drug-likeness (QED) is 0.780. The van der Waals surface area contributed by atoms with E-state index in [0.717, 1.165) is 12.5 Å². The fraction of sp³-hybridized carbons (Fsp3) is 0.857. The first-order chi connectivity index (χ1) is 9.55. The number of ether oxygens (including phenoxy) is 2. The second-order valence-corrected chi connectivity index (χ2v) is 5.82. The van der Waals surface area contributed by atoms with Gasteiger partial charge in [0.05, 0.1) is 20.1 Å². The summed E-state index contributed by atoms with van der Waals surface area (Å²) in [5.74, 6) is 0.344. The third kappa shape index (κ3) is 3.62. The first-order valence-corrected chi connectivity index (χ1v) is 7.21. The Hall–Kier alpha value is -1.30. The van der Waals surface area contributed by atoms with Gasteiger partial charge in [0.1, 0.15) is 0 Å². The van der Waals surface area contributed by atoms with Crippen LogP contribution in [0.2, 0.25) is 0 Å². The number of nitrogens with one attached hydrogen (secondary N) is 1. The summed E-state index contributed by atoms with van der Waals surface area (Å²) < 4.78 is 9.51. The van der Waals surface area contributed by atoms with Crippen LogP contribution in [0.4, 0.5) is 4.79 Å². The van der Waals surface area contributed by atoms with E-state index in [4.69, 9.17) is 4.74 Å². The van der Waals surface area contributed by atoms with E-state index in [9.17, 15) is 9.59 Å². The van der Waals surface area contributed by atoms with Crippen LogP contribution in [-0.2, 0) is 14.3 Å². The number of alkyl carbamates (subject to hydrolysis) is 1. The zero-order valence-corrected chi connectivity index (χ0v) is 12.4. The van der Waals surface area contributed by atoms with Gasteiger partial charge in [-0.15, -0.1) is 0 Å². The van der Waals surface area contributed by atoms with E-state index < -0.39 is 6.09 Å². The number of carbonyl (C=O) groups is 2. The molecule has 1 aliphatic heterocycles. The van der Waals surface area contributed by atoms with E-state index in [0.29, 0.717) is 19.0 Å². The Kier molecular flexibility index (Phi) is 4.86. The number of hydrogen-bond donors (Lipinski definition) is 1. The minimum Gasteiger partial charge on any atom is -0.469 e. The monoisotopic (exact) mass is 284 g/mol. The Balaban J connectivity index is 2.01. The molecule has 6 nitrogen and oxygen atoms in total. The highest BCUT2D eigenvalue weighted by atomic mass is 16.5. The molecule has 0 aromatic heterocycles. The van der Waals surface area contributed by atoms with Crippen LogP contribution >= 0.6 is 0 Å². The standard InChI is InChI=1S/C14H24N2O4/c1-9(10-4-5-10)16-7-11(13(17)19-2)6-12(8-16)15-14(18)20-3/h9-12H,4-8H2,1-3H3,(H,15,18). The van der Waals surface area contributed by atoms with Crippen molar-refractivity contribution < 1.29 is 19.1 Å². The average Bonchev–Trinajstić information content (AvgIpc) is 3.29. The Morgan fingerprint density at radius 3 is 2.45 bits per heavy atom. The normalized spacial score (nSPS) is 28.6. The van der Waals surface area contributed by atoms with Gasteiger partial charge in [-0.2, -0.15) is 0 Å². The second kappa shape index (κ2) is 6.43. The lowest BCUT2D eigenvalue weighted by molar-refractivity contribution is -0.148. The van der Waals surface area contributed by atoms with Crippen molar-refractivity contribution in [2.75, 3.05) is 27.3 Å². The summed E-state index contributed by atoms with van der Waals surface area (Å²) in [6.45, 7) is 3.68. The number of nitrogens with zero attached hydrogens (tertiary/aromatic N) is 1. The van der Waals surface area contributed by atoms with Crippen molar-refractivity contribution in [2.24, 2.45) is 11.8 Å². The van der Waals surface area contributed by atoms with Crippen molar-refractivity contribution in [1.82, 2.24) is 10.2 Å². The number of methoxy groups -OCH3 is 2. The van der Waals surface area contributed by atoms with Crippen molar-refractivity contribution in [1.29, 1.82) is 0 Å². The van der Waals surface area contributed by atoms with Crippen molar-refractivity contribution >= 4 is 12.1 Å². The topological polar surface area (TPSA) is 67.9 Å². The molecular weight excluding hydrogens is 260 g/mol. The Bertz CT molecular complexity index is 370. The van der Waals surface area contributed by atoms with Crippen LogP contribution in [0, 0.1) is 11.8 Å². The fourth-order valence-corrected chi connectivity index (χ4v) is 3.01. The molecular formula is C14H24N2O4. The van der Waals surface area contributed by atoms with Gasteiger partial charge >= 0.3 is 12.1 Å². The minimum atomic E-state index is -0.445. The van der Waals surface area contributed by atoms with Gasteiger partial charge in [-0.05, 0) is 32.1 Å². The van der Waals surface area contributed by atoms with Crippen molar-refractivity contribution in [3.63, 3.8) is 0 Å². The smallest absolute Gasteiger partial charge is 0.407 e. The Morgan fingerprint density at radius 1 is 1.20 bits per heavy atom. The summed E-state index contributed by atoms with van der Waals surface area (Å²) in [6, 6.07) is 0.380. The van der Waals surface area contributed by atoms with Crippen molar-refractivity contribution in [3.05, 3.63) is 0 Å². The Morgan fingerprint density at radius 2 is 1.90 bits per heavy atom. The number of amides is 1. The molecule has 2 rings (SSSR count). The molecule has 6 heteroatoms. The highest BCUT2D eigenvalue weighted by Crippen LogP contribution is 2.36. The zero-order chi connectivity index (χ0) is 14.7. The van der Waals surface area contributed by atoms with Gasteiger partial charge in [0, 0.05) is 25.2 Å². The molecule has 2 aliphatic rings. The molecule has 2 fully saturated rings. The SMILES string of the molecule is COC(=O)NC1CC(C(=O)OC)CN(C(C)C2CC2)C1. The molecule has 1 heterocycles. The lowest BCUT2D eigenvalue weighted by Crippen LogP contribution is -2.55. The molecule has 20 heavy (non-hydrogen) atoms. The number of rotatable bonds is 4. The van der Waals surface area contributed by atoms with E-state index in [1.165, 1.54) is 27.1 Å². The summed E-state index contributed by atoms with van der Waals surface area (Å²) in [5, 5.41) is 2.81. The van der Waals surface area contributed by atoms with E-state index in [-0.39, 0.29) is 17.9 Å². The highest BCUT2D eigenvalue weighted by Gasteiger charge is 2.39. The summed E-state index contributed by atoms with van der Waals surface area (Å²) >= 11 is 0. The molecule has 1 saturated carbocycles. The van der Waals surface area contributed by atoms with Gasteiger partial charge in [-0.3, -0.25) is 9.69 Å². The third-order valence-electron chi connectivity index (χ3n) is 4.40. The molecule has 3 unspecified atom stereocenters. The van der Waals surface area contributed by atoms with Crippen LogP contribution in [-0.4, -0.2) is 56.4 Å². The largest absolute Gasteiger partial charge is 0.469 e. The van der Waals surface area contributed by atoms with Crippen LogP contribution in [0.3, 0.4) is 0 Å². The molecule has 0 aromatic rings. The highest BCUT2D eigenvalue weighted by molar-refractivity contribution is 5.73. The van der Waals surface area contributed by atoms with Gasteiger partial charge in [0.25, 0.3) is 0 Å². The summed E-state index contributed by atoms with van der Waals surface area (Å²) in [7, 11) is 2.76. The zero-order valence-electron chi connectivity index (χ0n) is 12.4. The van der Waals surface area contributed by atoms with Crippen molar-refractivity contribution in [3.8, 4) is 0 Å². The predicted molar refractivity (Wildman–Crippen MR) is 73.2 cm³/mol. The number of likely N-dealkylation sites (tertiary alicyclic amines) is 1. The molecule has 0 aromatic carbocycles. The maximum absolute atomic E-state index is 11.8. The number of carbonyl (C=O) groups excluding carboxylic acids is 2.